The highest BCUT2D eigenvalue weighted by atomic mass is 35.5. The lowest BCUT2D eigenvalue weighted by atomic mass is 10.0. The van der Waals surface area contributed by atoms with Gasteiger partial charge in [0.1, 0.15) is 0 Å². The fourth-order valence-electron chi connectivity index (χ4n) is 4.94. The molecule has 0 radical (unpaired) electrons. The molecule has 0 bridgehead atoms. The van der Waals surface area contributed by atoms with E-state index in [9.17, 15) is 9.59 Å². The number of fused-ring (bicyclic) bond motifs is 2. The van der Waals surface area contributed by atoms with Gasteiger partial charge >= 0.3 is 0 Å². The normalized spacial score (nSPS) is 11.3. The maximum atomic E-state index is 13.0. The van der Waals surface area contributed by atoms with E-state index >= 15 is 0 Å². The maximum Gasteiger partial charge on any atom is 0.226 e. The van der Waals surface area contributed by atoms with Gasteiger partial charge in [0.15, 0.2) is 5.78 Å². The summed E-state index contributed by atoms with van der Waals surface area (Å²) in [6.45, 7) is 1.01. The number of aryl methyl sites for hydroxylation is 1. The average molecular weight is 559 g/mol. The summed E-state index contributed by atoms with van der Waals surface area (Å²) < 4.78 is 3.49. The van der Waals surface area contributed by atoms with Crippen LogP contribution in [-0.4, -0.2) is 39.3 Å². The number of halogens is 2. The Kier molecular flexibility index (Phi) is 7.87. The Balaban J connectivity index is 1.30. The summed E-state index contributed by atoms with van der Waals surface area (Å²) in [6, 6.07) is 26.3. The number of likely N-dealkylation sites (N-methyl/N-ethyl adjacent to an activating group) is 1. The maximum absolute atomic E-state index is 13.0. The van der Waals surface area contributed by atoms with Gasteiger partial charge in [0.25, 0.3) is 0 Å². The van der Waals surface area contributed by atoms with Gasteiger partial charge < -0.3 is 14.0 Å². The van der Waals surface area contributed by atoms with Crippen molar-refractivity contribution in [3.8, 4) is 0 Å². The first-order valence-corrected chi connectivity index (χ1v) is 13.5. The molecule has 1 aromatic heterocycles. The van der Waals surface area contributed by atoms with Gasteiger partial charge in [0, 0.05) is 30.7 Å². The van der Waals surface area contributed by atoms with Crippen molar-refractivity contribution in [2.24, 2.45) is 0 Å². The number of hydrogen-bond acceptors (Lipinski definition) is 3. The SMILES string of the molecule is CN(CCCn1c(=N)n(CC(=O)c2ccc(Cl)cc2)c2cccc(Cl)c21)C(=O)Cc1cccc2ccccc12. The van der Waals surface area contributed by atoms with Crippen LogP contribution in [0, 0.1) is 5.41 Å². The number of hydrogen-bond donors (Lipinski definition) is 1. The molecule has 198 valence electrons. The minimum absolute atomic E-state index is 0.00767. The Morgan fingerprint density at radius 2 is 1.59 bits per heavy atom. The third-order valence-electron chi connectivity index (χ3n) is 7.03. The second-order valence-electron chi connectivity index (χ2n) is 9.58. The number of carbonyl (C=O) groups excluding carboxylic acids is 2. The number of carbonyl (C=O) groups is 2. The Labute approximate surface area is 236 Å². The molecule has 0 aliphatic carbocycles. The Morgan fingerprint density at radius 1 is 0.872 bits per heavy atom. The summed E-state index contributed by atoms with van der Waals surface area (Å²) in [5.74, 6) is -0.0839. The molecule has 0 fully saturated rings. The minimum Gasteiger partial charge on any atom is -0.345 e. The third kappa shape index (κ3) is 5.63. The lowest BCUT2D eigenvalue weighted by Crippen LogP contribution is -2.31. The van der Waals surface area contributed by atoms with Crippen molar-refractivity contribution in [2.75, 3.05) is 13.6 Å². The molecule has 39 heavy (non-hydrogen) atoms. The lowest BCUT2D eigenvalue weighted by Gasteiger charge is -2.18. The van der Waals surface area contributed by atoms with Crippen LogP contribution in [0.1, 0.15) is 22.3 Å². The molecule has 0 unspecified atom stereocenters. The molecule has 8 heteroatoms. The molecule has 0 spiro atoms. The quantitative estimate of drug-likeness (QED) is 0.214. The summed E-state index contributed by atoms with van der Waals surface area (Å²) in [5.41, 5.74) is 3.15. The van der Waals surface area contributed by atoms with E-state index in [2.05, 4.69) is 0 Å². The predicted octanol–water partition coefficient (Wildman–Crippen LogP) is 6.36. The van der Waals surface area contributed by atoms with E-state index in [0.717, 1.165) is 21.9 Å². The van der Waals surface area contributed by atoms with Gasteiger partial charge in [-0.25, -0.2) is 0 Å². The largest absolute Gasteiger partial charge is 0.345 e. The number of aromatic nitrogens is 2. The van der Waals surface area contributed by atoms with Gasteiger partial charge in [0.2, 0.25) is 11.5 Å². The molecule has 1 N–H and O–H groups in total. The highest BCUT2D eigenvalue weighted by molar-refractivity contribution is 6.35. The van der Waals surface area contributed by atoms with Gasteiger partial charge in [-0.1, -0.05) is 71.7 Å². The second kappa shape index (κ2) is 11.5. The van der Waals surface area contributed by atoms with Crippen LogP contribution in [-0.2, 0) is 24.3 Å². The standard InChI is InChI=1S/C31H28Cl2N4O2/c1-35(29(39)19-23-9-4-8-21-7-2-3-10-25(21)23)17-6-18-36-30-26(33)11-5-12-27(30)37(31(36)34)20-28(38)22-13-15-24(32)16-14-22/h2-5,7-16,34H,6,17-20H2,1H3. The van der Waals surface area contributed by atoms with Crippen molar-refractivity contribution in [2.45, 2.75) is 25.9 Å². The van der Waals surface area contributed by atoms with Gasteiger partial charge in [-0.2, -0.15) is 0 Å². The van der Waals surface area contributed by atoms with E-state index in [1.807, 2.05) is 59.2 Å². The smallest absolute Gasteiger partial charge is 0.226 e. The van der Waals surface area contributed by atoms with Crippen LogP contribution < -0.4 is 5.62 Å². The van der Waals surface area contributed by atoms with Crippen LogP contribution in [0.2, 0.25) is 10.0 Å². The van der Waals surface area contributed by atoms with E-state index in [1.165, 1.54) is 0 Å². The number of para-hydroxylation sites is 1. The van der Waals surface area contributed by atoms with Crippen LogP contribution in [0.3, 0.4) is 0 Å². The third-order valence-corrected chi connectivity index (χ3v) is 7.59. The first kappa shape index (κ1) is 26.7. The van der Waals surface area contributed by atoms with Crippen molar-refractivity contribution in [1.82, 2.24) is 14.0 Å². The molecule has 0 saturated carbocycles. The zero-order valence-electron chi connectivity index (χ0n) is 21.5. The molecule has 1 amide bonds. The molecule has 4 aromatic carbocycles. The molecule has 0 atom stereocenters. The number of nitrogens with zero attached hydrogens (tertiary/aromatic N) is 3. The first-order chi connectivity index (χ1) is 18.8. The summed E-state index contributed by atoms with van der Waals surface area (Å²) in [4.78, 5) is 27.7. The van der Waals surface area contributed by atoms with Crippen LogP contribution >= 0.6 is 23.2 Å². The number of Topliss-reactive ketones (excluding diaryl/α,β-unsaturated/α-hetero) is 1. The molecular formula is C31H28Cl2N4O2. The predicted molar refractivity (Wildman–Crippen MR) is 156 cm³/mol. The average Bonchev–Trinajstić information content (AvgIpc) is 3.20. The van der Waals surface area contributed by atoms with E-state index in [-0.39, 0.29) is 23.9 Å². The van der Waals surface area contributed by atoms with Crippen molar-refractivity contribution >= 4 is 56.7 Å². The van der Waals surface area contributed by atoms with E-state index in [1.54, 1.807) is 46.8 Å². The number of nitrogens with one attached hydrogen (secondary N) is 1. The van der Waals surface area contributed by atoms with Crippen LogP contribution in [0.15, 0.2) is 84.9 Å². The Bertz CT molecular complexity index is 1730. The zero-order chi connectivity index (χ0) is 27.5. The Hall–Kier alpha value is -3.87. The zero-order valence-corrected chi connectivity index (χ0v) is 23.0. The molecule has 1 heterocycles. The summed E-state index contributed by atoms with van der Waals surface area (Å²) in [5, 5.41) is 12.2. The molecule has 5 rings (SSSR count). The van der Waals surface area contributed by atoms with Gasteiger partial charge in [-0.15, -0.1) is 0 Å². The minimum atomic E-state index is -0.122. The van der Waals surface area contributed by atoms with Crippen LogP contribution in [0.4, 0.5) is 0 Å². The lowest BCUT2D eigenvalue weighted by molar-refractivity contribution is -0.129. The summed E-state index contributed by atoms with van der Waals surface area (Å²) in [6.07, 6.45) is 0.955. The van der Waals surface area contributed by atoms with Gasteiger partial charge in [0.05, 0.1) is 29.0 Å². The highest BCUT2D eigenvalue weighted by Gasteiger charge is 2.18. The summed E-state index contributed by atoms with van der Waals surface area (Å²) in [7, 11) is 1.81. The van der Waals surface area contributed by atoms with Crippen LogP contribution in [0.5, 0.6) is 0 Å². The monoisotopic (exact) mass is 558 g/mol. The molecule has 0 aliphatic heterocycles. The van der Waals surface area contributed by atoms with Gasteiger partial charge in [-0.3, -0.25) is 15.0 Å². The number of ketones is 1. The number of amides is 1. The van der Waals surface area contributed by atoms with E-state index in [0.29, 0.717) is 47.1 Å². The fraction of sp³-hybridized carbons (Fsp3) is 0.194. The topological polar surface area (TPSA) is 71.1 Å². The Morgan fingerprint density at radius 3 is 2.38 bits per heavy atom. The van der Waals surface area contributed by atoms with Crippen molar-refractivity contribution in [3.63, 3.8) is 0 Å². The van der Waals surface area contributed by atoms with E-state index < -0.39 is 0 Å². The molecule has 0 saturated heterocycles. The molecule has 5 aromatic rings. The van der Waals surface area contributed by atoms with Gasteiger partial charge in [-0.05, 0) is 59.2 Å². The first-order valence-electron chi connectivity index (χ1n) is 12.7. The highest BCUT2D eigenvalue weighted by Crippen LogP contribution is 2.24. The van der Waals surface area contributed by atoms with E-state index in [4.69, 9.17) is 28.6 Å². The number of benzene rings is 4. The number of imidazole rings is 1. The molecule has 0 aliphatic rings. The molecular weight excluding hydrogens is 531 g/mol. The van der Waals surface area contributed by atoms with Crippen molar-refractivity contribution in [1.29, 1.82) is 5.41 Å². The van der Waals surface area contributed by atoms with Crippen LogP contribution in [0.25, 0.3) is 21.8 Å². The fourth-order valence-corrected chi connectivity index (χ4v) is 5.34. The van der Waals surface area contributed by atoms with Crippen molar-refractivity contribution < 1.29 is 9.59 Å². The number of rotatable bonds is 9. The summed E-state index contributed by atoms with van der Waals surface area (Å²) >= 11 is 12.5. The second-order valence-corrected chi connectivity index (χ2v) is 10.4. The molecule has 6 nitrogen and oxygen atoms in total. The van der Waals surface area contributed by atoms with Crippen molar-refractivity contribution in [3.05, 3.63) is 112 Å².